The third-order valence-corrected chi connectivity index (χ3v) is 7.21. The van der Waals surface area contributed by atoms with Crippen molar-refractivity contribution in [2.75, 3.05) is 24.6 Å². The largest absolute Gasteiger partial charge is 0.494 e. The number of benzene rings is 2. The fraction of sp³-hybridized carbons (Fsp3) is 0.333. The molecule has 4 aromatic rings. The average molecular weight is 555 g/mol. The first-order chi connectivity index (χ1) is 18.5. The fourth-order valence-corrected chi connectivity index (χ4v) is 5.17. The van der Waals surface area contributed by atoms with Gasteiger partial charge in [0.25, 0.3) is 5.91 Å². The van der Waals surface area contributed by atoms with Crippen molar-refractivity contribution in [3.63, 3.8) is 0 Å². The van der Waals surface area contributed by atoms with Crippen LogP contribution >= 0.6 is 12.4 Å². The molecule has 3 heterocycles. The molecule has 0 saturated carbocycles. The van der Waals surface area contributed by atoms with Crippen LogP contribution in [0.2, 0.25) is 0 Å². The molecule has 0 bridgehead atoms. The van der Waals surface area contributed by atoms with Crippen molar-refractivity contribution in [1.82, 2.24) is 14.7 Å². The first-order valence-corrected chi connectivity index (χ1v) is 13.2. The summed E-state index contributed by atoms with van der Waals surface area (Å²) in [6.07, 6.45) is 3.89. The Morgan fingerprint density at radius 2 is 1.79 bits per heavy atom. The monoisotopic (exact) mass is 554 g/mol. The fourth-order valence-electron chi connectivity index (χ4n) is 5.17. The Hall–Kier alpha value is -3.65. The van der Waals surface area contributed by atoms with Crippen molar-refractivity contribution in [2.24, 2.45) is 0 Å². The number of nitrogens with zero attached hydrogens (tertiary/aromatic N) is 3. The van der Waals surface area contributed by atoms with E-state index < -0.39 is 5.82 Å². The number of hydrogen-bond donors (Lipinski definition) is 1. The van der Waals surface area contributed by atoms with Gasteiger partial charge in [-0.3, -0.25) is 9.20 Å². The van der Waals surface area contributed by atoms with E-state index in [9.17, 15) is 9.18 Å². The molecule has 2 aromatic heterocycles. The van der Waals surface area contributed by atoms with Gasteiger partial charge in [-0.15, -0.1) is 12.4 Å². The maximum atomic E-state index is 15.1. The van der Waals surface area contributed by atoms with Crippen LogP contribution in [0.25, 0.3) is 5.65 Å². The highest BCUT2D eigenvalue weighted by Gasteiger charge is 2.23. The number of hydrogen-bond acceptors (Lipinski definition) is 4. The number of anilines is 1. The minimum Gasteiger partial charge on any atom is -0.494 e. The molecule has 0 aliphatic carbocycles. The van der Waals surface area contributed by atoms with E-state index >= 15 is 4.39 Å². The standard InChI is InChI=1S/C30H32F2N4O2.ClH/c1-3-27-29(36-16-13-23(31)18-28(36)34-27)30(37)33-19-22-6-5-21(17-26(22)32)20-11-14-35(15-12-20)24-7-9-25(10-8-24)38-4-2;/h5-10,13,16-18,20H,3-4,11-12,14-15,19H2,1-2H3,(H,33,37);1H. The van der Waals surface area contributed by atoms with Crippen LogP contribution in [0.1, 0.15) is 59.9 Å². The number of imidazole rings is 1. The van der Waals surface area contributed by atoms with Crippen LogP contribution in [0.4, 0.5) is 14.5 Å². The van der Waals surface area contributed by atoms with Gasteiger partial charge < -0.3 is 15.0 Å². The summed E-state index contributed by atoms with van der Waals surface area (Å²) < 4.78 is 35.7. The molecule has 2 aromatic carbocycles. The van der Waals surface area contributed by atoms with Crippen molar-refractivity contribution < 1.29 is 18.3 Å². The van der Waals surface area contributed by atoms with Crippen molar-refractivity contribution in [3.8, 4) is 5.75 Å². The normalized spacial score (nSPS) is 13.8. The summed E-state index contributed by atoms with van der Waals surface area (Å²) in [4.78, 5) is 19.7. The van der Waals surface area contributed by atoms with E-state index in [0.29, 0.717) is 35.6 Å². The first-order valence-electron chi connectivity index (χ1n) is 13.2. The lowest BCUT2D eigenvalue weighted by Crippen LogP contribution is -2.32. The number of aryl methyl sites for hydroxylation is 1. The molecule has 0 radical (unpaired) electrons. The lowest BCUT2D eigenvalue weighted by atomic mass is 9.88. The number of pyridine rings is 1. The van der Waals surface area contributed by atoms with Crippen LogP contribution in [0.3, 0.4) is 0 Å². The van der Waals surface area contributed by atoms with Gasteiger partial charge in [-0.25, -0.2) is 13.8 Å². The van der Waals surface area contributed by atoms with Gasteiger partial charge in [0.05, 0.1) is 12.3 Å². The van der Waals surface area contributed by atoms with Crippen molar-refractivity contribution in [3.05, 3.63) is 94.9 Å². The number of rotatable bonds is 8. The molecule has 6 nitrogen and oxygen atoms in total. The Balaban J connectivity index is 0.00000353. The predicted octanol–water partition coefficient (Wildman–Crippen LogP) is 6.31. The average Bonchev–Trinajstić information content (AvgIpc) is 3.30. The number of aromatic nitrogens is 2. The van der Waals surface area contributed by atoms with Gasteiger partial charge in [-0.1, -0.05) is 19.1 Å². The Kier molecular flexibility index (Phi) is 9.07. The van der Waals surface area contributed by atoms with Gasteiger partial charge in [0.1, 0.15) is 28.7 Å². The molecule has 9 heteroatoms. The zero-order chi connectivity index (χ0) is 26.6. The van der Waals surface area contributed by atoms with Gasteiger partial charge in [0, 0.05) is 43.1 Å². The molecule has 39 heavy (non-hydrogen) atoms. The molecular weight excluding hydrogens is 522 g/mol. The summed E-state index contributed by atoms with van der Waals surface area (Å²) in [6.45, 7) is 6.37. The van der Waals surface area contributed by atoms with E-state index in [-0.39, 0.29) is 36.6 Å². The van der Waals surface area contributed by atoms with E-state index in [0.717, 1.165) is 37.2 Å². The number of halogens is 3. The zero-order valence-corrected chi connectivity index (χ0v) is 22.9. The summed E-state index contributed by atoms with van der Waals surface area (Å²) in [6, 6.07) is 16.1. The molecule has 0 spiro atoms. The molecule has 0 unspecified atom stereocenters. The van der Waals surface area contributed by atoms with Crippen LogP contribution in [-0.4, -0.2) is 35.0 Å². The number of nitrogens with one attached hydrogen (secondary N) is 1. The quantitative estimate of drug-likeness (QED) is 0.277. The first kappa shape index (κ1) is 28.4. The maximum absolute atomic E-state index is 15.1. The number of ether oxygens (including phenoxy) is 1. The number of fused-ring (bicyclic) bond motifs is 1. The highest BCUT2D eigenvalue weighted by atomic mass is 35.5. The van der Waals surface area contributed by atoms with Gasteiger partial charge in [-0.2, -0.15) is 0 Å². The highest BCUT2D eigenvalue weighted by Crippen LogP contribution is 2.32. The summed E-state index contributed by atoms with van der Waals surface area (Å²) in [5.74, 6) is 0.0512. The number of carbonyl (C=O) groups excluding carboxylic acids is 1. The van der Waals surface area contributed by atoms with Crippen LogP contribution in [0.5, 0.6) is 5.75 Å². The number of amides is 1. The molecule has 0 atom stereocenters. The summed E-state index contributed by atoms with van der Waals surface area (Å²) in [5.41, 5.74) is 3.87. The lowest BCUT2D eigenvalue weighted by molar-refractivity contribution is 0.0943. The summed E-state index contributed by atoms with van der Waals surface area (Å²) in [5, 5.41) is 2.81. The number of carbonyl (C=O) groups is 1. The van der Waals surface area contributed by atoms with E-state index in [1.807, 2.05) is 32.0 Å². The summed E-state index contributed by atoms with van der Waals surface area (Å²) >= 11 is 0. The minimum absolute atomic E-state index is 0. The Morgan fingerprint density at radius 3 is 2.46 bits per heavy atom. The van der Waals surface area contributed by atoms with Crippen molar-refractivity contribution in [1.29, 1.82) is 0 Å². The van der Waals surface area contributed by atoms with Gasteiger partial charge in [0.2, 0.25) is 0 Å². The predicted molar refractivity (Wildman–Crippen MR) is 151 cm³/mol. The second-order valence-corrected chi connectivity index (χ2v) is 9.56. The molecule has 5 rings (SSSR count). The zero-order valence-electron chi connectivity index (χ0n) is 22.1. The van der Waals surface area contributed by atoms with Crippen LogP contribution in [0.15, 0.2) is 60.8 Å². The summed E-state index contributed by atoms with van der Waals surface area (Å²) in [7, 11) is 0. The Labute approximate surface area is 233 Å². The molecule has 1 aliphatic heterocycles. The number of piperidine rings is 1. The SMILES string of the molecule is CCOc1ccc(N2CCC(c3ccc(CNC(=O)c4c(CC)nc5cc(F)ccn45)c(F)c3)CC2)cc1.Cl. The third-order valence-electron chi connectivity index (χ3n) is 7.21. The molecular formula is C30H33ClF2N4O2. The Morgan fingerprint density at radius 1 is 1.05 bits per heavy atom. The van der Waals surface area contributed by atoms with Crippen LogP contribution < -0.4 is 15.0 Å². The van der Waals surface area contributed by atoms with Gasteiger partial charge in [0.15, 0.2) is 0 Å². The second kappa shape index (κ2) is 12.5. The van der Waals surface area contributed by atoms with Crippen LogP contribution in [0, 0.1) is 11.6 Å². The van der Waals surface area contributed by atoms with Gasteiger partial charge >= 0.3 is 0 Å². The van der Waals surface area contributed by atoms with E-state index in [1.54, 1.807) is 16.5 Å². The second-order valence-electron chi connectivity index (χ2n) is 9.56. The van der Waals surface area contributed by atoms with Gasteiger partial charge in [-0.05, 0) is 74.1 Å². The van der Waals surface area contributed by atoms with E-state index in [1.165, 1.54) is 24.0 Å². The lowest BCUT2D eigenvalue weighted by Gasteiger charge is -2.34. The highest BCUT2D eigenvalue weighted by molar-refractivity contribution is 5.94. The minimum atomic E-state index is -0.416. The van der Waals surface area contributed by atoms with E-state index in [2.05, 4.69) is 27.3 Å². The smallest absolute Gasteiger partial charge is 0.270 e. The van der Waals surface area contributed by atoms with E-state index in [4.69, 9.17) is 4.74 Å². The third kappa shape index (κ3) is 6.17. The molecule has 206 valence electrons. The molecule has 1 fully saturated rings. The topological polar surface area (TPSA) is 58.9 Å². The molecule has 1 aliphatic rings. The van der Waals surface area contributed by atoms with Crippen LogP contribution in [-0.2, 0) is 13.0 Å². The molecule has 1 saturated heterocycles. The molecule has 1 N–H and O–H groups in total. The molecule has 1 amide bonds. The maximum Gasteiger partial charge on any atom is 0.270 e. The van der Waals surface area contributed by atoms with Crippen molar-refractivity contribution >= 4 is 29.6 Å². The van der Waals surface area contributed by atoms with Crippen molar-refractivity contribution in [2.45, 2.75) is 45.6 Å². The Bertz CT molecular complexity index is 1430.